The molecule has 0 aliphatic carbocycles. The molecule has 0 atom stereocenters. The second-order valence-corrected chi connectivity index (χ2v) is 8.14. The monoisotopic (exact) mass is 415 g/mol. The maximum atomic E-state index is 12.4. The first-order chi connectivity index (χ1) is 14.6. The molecular formula is C23H17N3O3S. The van der Waals surface area contributed by atoms with Gasteiger partial charge < -0.3 is 5.32 Å². The van der Waals surface area contributed by atoms with Crippen LogP contribution < -0.4 is 5.32 Å². The van der Waals surface area contributed by atoms with E-state index in [9.17, 15) is 14.4 Å². The van der Waals surface area contributed by atoms with Crippen LogP contribution in [0.1, 0.15) is 33.6 Å². The van der Waals surface area contributed by atoms with Gasteiger partial charge in [0.15, 0.2) is 5.13 Å². The average Bonchev–Trinajstić information content (AvgIpc) is 3.28. The molecule has 5 rings (SSSR count). The number of aromatic nitrogens is 1. The van der Waals surface area contributed by atoms with Crippen molar-refractivity contribution in [3.8, 4) is 0 Å². The van der Waals surface area contributed by atoms with Gasteiger partial charge in [-0.05, 0) is 30.0 Å². The van der Waals surface area contributed by atoms with Gasteiger partial charge in [0.1, 0.15) is 0 Å². The molecular weight excluding hydrogens is 398 g/mol. The summed E-state index contributed by atoms with van der Waals surface area (Å²) in [6.45, 7) is 0.213. The molecule has 4 aromatic rings. The number of hydrogen-bond acceptors (Lipinski definition) is 5. The minimum Gasteiger partial charge on any atom is -0.302 e. The fourth-order valence-electron chi connectivity index (χ4n) is 3.74. The van der Waals surface area contributed by atoms with Gasteiger partial charge in [-0.15, -0.1) is 0 Å². The highest BCUT2D eigenvalue weighted by Gasteiger charge is 2.34. The Bertz CT molecular complexity index is 1290. The van der Waals surface area contributed by atoms with E-state index in [1.807, 2.05) is 36.4 Å². The Balaban J connectivity index is 1.23. The van der Waals surface area contributed by atoms with Crippen LogP contribution in [0.4, 0.5) is 5.13 Å². The summed E-state index contributed by atoms with van der Waals surface area (Å²) in [4.78, 5) is 42.9. The van der Waals surface area contributed by atoms with E-state index < -0.39 is 0 Å². The van der Waals surface area contributed by atoms with E-state index >= 15 is 0 Å². The van der Waals surface area contributed by atoms with E-state index in [-0.39, 0.29) is 30.7 Å². The molecule has 1 N–H and O–H groups in total. The Hall–Kier alpha value is -3.58. The Morgan fingerprint density at radius 2 is 1.63 bits per heavy atom. The van der Waals surface area contributed by atoms with Gasteiger partial charge in [0.25, 0.3) is 11.8 Å². The van der Waals surface area contributed by atoms with Crippen LogP contribution >= 0.6 is 11.3 Å². The minimum absolute atomic E-state index is 0.185. The van der Waals surface area contributed by atoms with Crippen LogP contribution in [-0.2, 0) is 4.79 Å². The highest BCUT2D eigenvalue weighted by Crippen LogP contribution is 2.31. The molecule has 0 unspecified atom stereocenters. The summed E-state index contributed by atoms with van der Waals surface area (Å²) in [6.07, 6.45) is 0.592. The first-order valence-electron chi connectivity index (χ1n) is 9.65. The number of rotatable bonds is 5. The van der Waals surface area contributed by atoms with Crippen molar-refractivity contribution in [3.05, 3.63) is 71.8 Å². The lowest BCUT2D eigenvalue weighted by molar-refractivity contribution is -0.116. The molecule has 0 fully saturated rings. The molecule has 30 heavy (non-hydrogen) atoms. The topological polar surface area (TPSA) is 79.4 Å². The lowest BCUT2D eigenvalue weighted by Crippen LogP contribution is -2.31. The molecule has 0 saturated carbocycles. The summed E-state index contributed by atoms with van der Waals surface area (Å²) in [5.74, 6) is -0.780. The molecule has 1 aromatic heterocycles. The number of carbonyl (C=O) groups is 3. The summed E-state index contributed by atoms with van der Waals surface area (Å²) in [5, 5.41) is 5.55. The van der Waals surface area contributed by atoms with E-state index in [1.165, 1.54) is 16.2 Å². The molecule has 3 aromatic carbocycles. The van der Waals surface area contributed by atoms with Crippen LogP contribution in [0, 0.1) is 0 Å². The molecule has 148 valence electrons. The maximum Gasteiger partial charge on any atom is 0.261 e. The molecule has 2 heterocycles. The SMILES string of the molecule is O=C(CCCN1C(=O)c2ccccc2C1=O)Nc1nc2c(ccc3ccccc32)s1. The van der Waals surface area contributed by atoms with Crippen LogP contribution in [-0.4, -0.2) is 34.2 Å². The normalized spacial score (nSPS) is 13.3. The fraction of sp³-hybridized carbons (Fsp3) is 0.130. The number of thiazole rings is 1. The molecule has 7 heteroatoms. The number of fused-ring (bicyclic) bond motifs is 4. The Morgan fingerprint density at radius 1 is 0.933 bits per heavy atom. The fourth-order valence-corrected chi connectivity index (χ4v) is 4.63. The van der Waals surface area contributed by atoms with Crippen LogP contribution in [0.5, 0.6) is 0 Å². The van der Waals surface area contributed by atoms with Crippen molar-refractivity contribution in [2.24, 2.45) is 0 Å². The van der Waals surface area contributed by atoms with Gasteiger partial charge in [0.05, 0.1) is 21.3 Å². The molecule has 0 radical (unpaired) electrons. The Kier molecular flexibility index (Phi) is 4.52. The number of nitrogens with zero attached hydrogens (tertiary/aromatic N) is 2. The van der Waals surface area contributed by atoms with E-state index in [0.29, 0.717) is 22.7 Å². The van der Waals surface area contributed by atoms with Crippen molar-refractivity contribution in [2.75, 3.05) is 11.9 Å². The van der Waals surface area contributed by atoms with Gasteiger partial charge in [-0.3, -0.25) is 19.3 Å². The quantitative estimate of drug-likeness (QED) is 0.488. The number of anilines is 1. The molecule has 6 nitrogen and oxygen atoms in total. The third-order valence-electron chi connectivity index (χ3n) is 5.19. The van der Waals surface area contributed by atoms with Crippen molar-refractivity contribution >= 4 is 55.2 Å². The van der Waals surface area contributed by atoms with Gasteiger partial charge in [-0.1, -0.05) is 53.8 Å². The lowest BCUT2D eigenvalue weighted by Gasteiger charge is -2.13. The molecule has 3 amide bonds. The van der Waals surface area contributed by atoms with E-state index in [1.54, 1.807) is 24.3 Å². The standard InChI is InChI=1S/C23H17N3O3S/c27-19(10-5-13-26-21(28)16-8-3-4-9-17(16)22(26)29)24-23-25-20-15-7-2-1-6-14(15)11-12-18(20)30-23/h1-4,6-9,11-12H,5,10,13H2,(H,24,25,27). The second kappa shape index (κ2) is 7.35. The highest BCUT2D eigenvalue weighted by atomic mass is 32.1. The first kappa shape index (κ1) is 18.4. The van der Waals surface area contributed by atoms with Crippen LogP contribution in [0.25, 0.3) is 21.0 Å². The van der Waals surface area contributed by atoms with Crippen LogP contribution in [0.2, 0.25) is 0 Å². The molecule has 0 spiro atoms. The average molecular weight is 415 g/mol. The number of hydrogen-bond donors (Lipinski definition) is 1. The smallest absolute Gasteiger partial charge is 0.261 e. The zero-order valence-electron chi connectivity index (χ0n) is 15.9. The van der Waals surface area contributed by atoms with Crippen LogP contribution in [0.15, 0.2) is 60.7 Å². The van der Waals surface area contributed by atoms with Crippen LogP contribution in [0.3, 0.4) is 0 Å². The third-order valence-corrected chi connectivity index (χ3v) is 6.13. The zero-order chi connectivity index (χ0) is 20.7. The summed E-state index contributed by atoms with van der Waals surface area (Å²) in [5.41, 5.74) is 1.72. The van der Waals surface area contributed by atoms with E-state index in [0.717, 1.165) is 21.0 Å². The number of carbonyl (C=O) groups excluding carboxylic acids is 3. The molecule has 0 bridgehead atoms. The summed E-state index contributed by atoms with van der Waals surface area (Å²) < 4.78 is 1.01. The van der Waals surface area contributed by atoms with E-state index in [4.69, 9.17) is 0 Å². The van der Waals surface area contributed by atoms with Gasteiger partial charge in [0, 0.05) is 18.4 Å². The Labute approximate surface area is 176 Å². The first-order valence-corrected chi connectivity index (χ1v) is 10.5. The lowest BCUT2D eigenvalue weighted by atomic mass is 10.1. The summed E-state index contributed by atoms with van der Waals surface area (Å²) >= 11 is 1.43. The van der Waals surface area contributed by atoms with E-state index in [2.05, 4.69) is 10.3 Å². The minimum atomic E-state index is -0.297. The number of nitrogens with one attached hydrogen (secondary N) is 1. The predicted octanol–water partition coefficient (Wildman–Crippen LogP) is 4.46. The van der Waals surface area contributed by atoms with Crippen molar-refractivity contribution < 1.29 is 14.4 Å². The van der Waals surface area contributed by atoms with Gasteiger partial charge in [-0.25, -0.2) is 4.98 Å². The van der Waals surface area contributed by atoms with Crippen molar-refractivity contribution in [3.63, 3.8) is 0 Å². The predicted molar refractivity (Wildman–Crippen MR) is 117 cm³/mol. The third kappa shape index (κ3) is 3.13. The number of benzene rings is 3. The highest BCUT2D eigenvalue weighted by molar-refractivity contribution is 7.22. The van der Waals surface area contributed by atoms with Crippen molar-refractivity contribution in [1.82, 2.24) is 9.88 Å². The Morgan fingerprint density at radius 3 is 2.40 bits per heavy atom. The van der Waals surface area contributed by atoms with Gasteiger partial charge in [0.2, 0.25) is 5.91 Å². The molecule has 0 saturated heterocycles. The van der Waals surface area contributed by atoms with Crippen molar-refractivity contribution in [2.45, 2.75) is 12.8 Å². The number of imide groups is 1. The zero-order valence-corrected chi connectivity index (χ0v) is 16.7. The largest absolute Gasteiger partial charge is 0.302 e. The summed E-state index contributed by atoms with van der Waals surface area (Å²) in [7, 11) is 0. The maximum absolute atomic E-state index is 12.4. The molecule has 1 aliphatic heterocycles. The second-order valence-electron chi connectivity index (χ2n) is 7.11. The van der Waals surface area contributed by atoms with Gasteiger partial charge >= 0.3 is 0 Å². The van der Waals surface area contributed by atoms with Gasteiger partial charge in [-0.2, -0.15) is 0 Å². The van der Waals surface area contributed by atoms with Crippen molar-refractivity contribution in [1.29, 1.82) is 0 Å². The summed E-state index contributed by atoms with van der Waals surface area (Å²) in [6, 6.07) is 18.8. The number of amides is 3. The molecule has 1 aliphatic rings.